The topological polar surface area (TPSA) is 44.8 Å². The molecule has 5 nitrogen and oxygen atoms in total. The Kier molecular flexibility index (Phi) is 6.69. The van der Waals surface area contributed by atoms with Gasteiger partial charge in [-0.25, -0.2) is 4.79 Å². The Hall–Kier alpha value is -1.30. The Labute approximate surface area is 150 Å². The molecule has 0 bridgehead atoms. The minimum atomic E-state index is -0.170. The second-order valence-electron chi connectivity index (χ2n) is 5.00. The Balaban J connectivity index is 1.74. The molecule has 1 heterocycles. The lowest BCUT2D eigenvalue weighted by molar-refractivity contribution is 0.199. The number of halogens is 3. The first kappa shape index (κ1) is 18.0. The molecule has 8 heteroatoms. The zero-order valence-electron chi connectivity index (χ0n) is 12.7. The molecule has 1 aliphatic heterocycles. The Morgan fingerprint density at radius 3 is 2.61 bits per heavy atom. The third-order valence-corrected chi connectivity index (χ3v) is 3.93. The summed E-state index contributed by atoms with van der Waals surface area (Å²) >= 11 is 17.9. The maximum atomic E-state index is 12.0. The van der Waals surface area contributed by atoms with Crippen LogP contribution in [0.15, 0.2) is 24.5 Å². The fourth-order valence-corrected chi connectivity index (χ4v) is 3.03. The van der Waals surface area contributed by atoms with Gasteiger partial charge in [0, 0.05) is 24.0 Å². The fraction of sp³-hybridized carbons (Fsp3) is 0.400. The number of carbonyl (C=O) groups is 1. The molecule has 0 fully saturated rings. The second-order valence-corrected chi connectivity index (χ2v) is 6.25. The molecule has 1 aromatic rings. The van der Waals surface area contributed by atoms with Crippen LogP contribution < -0.4 is 10.1 Å². The van der Waals surface area contributed by atoms with Crippen molar-refractivity contribution in [2.75, 3.05) is 26.4 Å². The highest BCUT2D eigenvalue weighted by Gasteiger charge is 2.17. The average Bonchev–Trinajstić information content (AvgIpc) is 2.94. The van der Waals surface area contributed by atoms with Gasteiger partial charge in [-0.2, -0.15) is 0 Å². The molecule has 0 saturated carbocycles. The molecular weight excluding hydrogens is 361 g/mol. The van der Waals surface area contributed by atoms with Crippen LogP contribution >= 0.6 is 34.8 Å². The molecule has 126 valence electrons. The molecule has 0 atom stereocenters. The van der Waals surface area contributed by atoms with Crippen LogP contribution in [0.5, 0.6) is 5.75 Å². The predicted molar refractivity (Wildman–Crippen MR) is 93.2 cm³/mol. The maximum Gasteiger partial charge on any atom is 0.323 e. The van der Waals surface area contributed by atoms with Crippen LogP contribution in [-0.4, -0.2) is 42.2 Å². The molecule has 2 rings (SSSR count). The number of benzene rings is 1. The smallest absolute Gasteiger partial charge is 0.323 e. The molecule has 0 aromatic heterocycles. The lowest BCUT2D eigenvalue weighted by Gasteiger charge is -2.19. The van der Waals surface area contributed by atoms with Crippen LogP contribution in [-0.2, 0) is 0 Å². The minimum absolute atomic E-state index is 0.170. The van der Waals surface area contributed by atoms with Gasteiger partial charge in [-0.05, 0) is 18.6 Å². The van der Waals surface area contributed by atoms with Crippen molar-refractivity contribution in [3.63, 3.8) is 0 Å². The molecule has 1 aromatic carbocycles. The molecule has 1 N–H and O–H groups in total. The van der Waals surface area contributed by atoms with Crippen molar-refractivity contribution < 1.29 is 9.53 Å². The first-order valence-electron chi connectivity index (χ1n) is 7.25. The second kappa shape index (κ2) is 8.52. The van der Waals surface area contributed by atoms with Crippen LogP contribution in [0.25, 0.3) is 0 Å². The summed E-state index contributed by atoms with van der Waals surface area (Å²) in [4.78, 5) is 15.7. The Morgan fingerprint density at radius 1 is 1.26 bits per heavy atom. The van der Waals surface area contributed by atoms with E-state index < -0.39 is 0 Å². The van der Waals surface area contributed by atoms with Gasteiger partial charge < -0.3 is 15.0 Å². The van der Waals surface area contributed by atoms with Gasteiger partial charge in [0.05, 0.1) is 23.3 Å². The fourth-order valence-electron chi connectivity index (χ4n) is 2.11. The summed E-state index contributed by atoms with van der Waals surface area (Å²) in [6, 6.07) is 2.94. The Morgan fingerprint density at radius 2 is 1.96 bits per heavy atom. The van der Waals surface area contributed by atoms with E-state index in [2.05, 4.69) is 17.1 Å². The van der Waals surface area contributed by atoms with Gasteiger partial charge in [0.2, 0.25) is 0 Å². The van der Waals surface area contributed by atoms with E-state index in [1.165, 1.54) is 0 Å². The summed E-state index contributed by atoms with van der Waals surface area (Å²) in [5, 5.41) is 3.90. The van der Waals surface area contributed by atoms with E-state index in [1.54, 1.807) is 23.2 Å². The number of ether oxygens (including phenoxy) is 1. The van der Waals surface area contributed by atoms with Crippen LogP contribution in [0.3, 0.4) is 0 Å². The van der Waals surface area contributed by atoms with E-state index in [4.69, 9.17) is 39.5 Å². The monoisotopic (exact) mass is 377 g/mol. The van der Waals surface area contributed by atoms with Gasteiger partial charge in [0.1, 0.15) is 6.61 Å². The number of rotatable bonds is 6. The lowest BCUT2D eigenvalue weighted by atomic mass is 10.3. The minimum Gasteiger partial charge on any atom is -0.489 e. The zero-order valence-corrected chi connectivity index (χ0v) is 15.0. The Bertz CT molecular complexity index is 572. The number of hydrogen-bond acceptors (Lipinski definition) is 3. The molecule has 0 aliphatic carbocycles. The number of nitrogens with one attached hydrogen (secondary N) is 1. The largest absolute Gasteiger partial charge is 0.489 e. The van der Waals surface area contributed by atoms with Crippen LogP contribution in [0.1, 0.15) is 13.3 Å². The maximum absolute atomic E-state index is 12.0. The van der Waals surface area contributed by atoms with E-state index in [1.807, 2.05) is 6.20 Å². The van der Waals surface area contributed by atoms with Crippen molar-refractivity contribution >= 4 is 40.8 Å². The molecular formula is C15H18Cl3N3O2. The van der Waals surface area contributed by atoms with Crippen molar-refractivity contribution in [2.24, 2.45) is 0 Å². The number of amides is 2. The van der Waals surface area contributed by atoms with Gasteiger partial charge in [0.25, 0.3) is 0 Å². The van der Waals surface area contributed by atoms with E-state index in [-0.39, 0.29) is 12.6 Å². The lowest BCUT2D eigenvalue weighted by Crippen LogP contribution is -2.40. The van der Waals surface area contributed by atoms with Gasteiger partial charge >= 0.3 is 6.03 Å². The third kappa shape index (κ3) is 5.09. The van der Waals surface area contributed by atoms with E-state index >= 15 is 0 Å². The molecule has 0 radical (unpaired) electrons. The summed E-state index contributed by atoms with van der Waals surface area (Å²) in [6.45, 7) is 4.18. The standard InChI is InChI=1S/C15H18Cl3N3O2/c1-2-4-20-5-6-21(10-20)15(22)19-3-7-23-14-12(17)8-11(16)9-13(14)18/h5-6,8-9H,2-4,7,10H2,1H3,(H,19,22). The van der Waals surface area contributed by atoms with Crippen LogP contribution in [0.4, 0.5) is 4.79 Å². The van der Waals surface area contributed by atoms with Crippen molar-refractivity contribution in [3.8, 4) is 5.75 Å². The first-order chi connectivity index (χ1) is 11.0. The van der Waals surface area contributed by atoms with E-state index in [0.717, 1.165) is 13.0 Å². The number of urea groups is 1. The summed E-state index contributed by atoms with van der Waals surface area (Å²) in [6.07, 6.45) is 4.71. The third-order valence-electron chi connectivity index (χ3n) is 3.15. The average molecular weight is 379 g/mol. The number of hydrogen-bond donors (Lipinski definition) is 1. The van der Waals surface area contributed by atoms with Crippen molar-refractivity contribution in [2.45, 2.75) is 13.3 Å². The summed E-state index contributed by atoms with van der Waals surface area (Å²) in [5.74, 6) is 0.363. The number of nitrogens with zero attached hydrogens (tertiary/aromatic N) is 2. The SMILES string of the molecule is CCCN1C=CN(C(=O)NCCOc2c(Cl)cc(Cl)cc2Cl)C1. The molecule has 2 amide bonds. The summed E-state index contributed by atoms with van der Waals surface area (Å²) in [5.41, 5.74) is 0. The van der Waals surface area contributed by atoms with Gasteiger partial charge in [-0.15, -0.1) is 0 Å². The molecule has 1 aliphatic rings. The number of carbonyl (C=O) groups excluding carboxylic acids is 1. The zero-order chi connectivity index (χ0) is 16.8. The van der Waals surface area contributed by atoms with Crippen LogP contribution in [0, 0.1) is 0 Å². The van der Waals surface area contributed by atoms with Crippen LogP contribution in [0.2, 0.25) is 15.1 Å². The molecule has 0 unspecified atom stereocenters. The summed E-state index contributed by atoms with van der Waals surface area (Å²) < 4.78 is 5.51. The highest BCUT2D eigenvalue weighted by molar-refractivity contribution is 6.40. The van der Waals surface area contributed by atoms with Crippen molar-refractivity contribution in [3.05, 3.63) is 39.6 Å². The van der Waals surface area contributed by atoms with E-state index in [9.17, 15) is 4.79 Å². The van der Waals surface area contributed by atoms with Crippen molar-refractivity contribution in [1.82, 2.24) is 15.1 Å². The summed E-state index contributed by atoms with van der Waals surface area (Å²) in [7, 11) is 0. The predicted octanol–water partition coefficient (Wildman–Crippen LogP) is 4.19. The molecule has 0 spiro atoms. The highest BCUT2D eigenvalue weighted by Crippen LogP contribution is 2.35. The van der Waals surface area contributed by atoms with Crippen molar-refractivity contribution in [1.29, 1.82) is 0 Å². The first-order valence-corrected chi connectivity index (χ1v) is 8.39. The molecule has 0 saturated heterocycles. The van der Waals surface area contributed by atoms with E-state index in [0.29, 0.717) is 34.0 Å². The molecule has 23 heavy (non-hydrogen) atoms. The highest BCUT2D eigenvalue weighted by atomic mass is 35.5. The van der Waals surface area contributed by atoms with Gasteiger partial charge in [-0.1, -0.05) is 41.7 Å². The normalized spacial score (nSPS) is 13.6. The quantitative estimate of drug-likeness (QED) is 0.755. The van der Waals surface area contributed by atoms with Gasteiger partial charge in [0.15, 0.2) is 5.75 Å². The van der Waals surface area contributed by atoms with Gasteiger partial charge in [-0.3, -0.25) is 4.90 Å².